The Balaban J connectivity index is 2.10. The van der Waals surface area contributed by atoms with Gasteiger partial charge in [-0.1, -0.05) is 37.3 Å². The molecule has 0 aliphatic heterocycles. The van der Waals surface area contributed by atoms with Crippen LogP contribution in [0.25, 0.3) is 0 Å². The highest BCUT2D eigenvalue weighted by molar-refractivity contribution is 6.63. The van der Waals surface area contributed by atoms with E-state index < -0.39 is 6.09 Å². The van der Waals surface area contributed by atoms with Crippen LogP contribution in [0.1, 0.15) is 25.3 Å². The fraction of sp³-hybridized carbons (Fsp3) is 0.429. The summed E-state index contributed by atoms with van der Waals surface area (Å²) in [5, 5.41) is 2.29. The molecule has 0 radical (unpaired) electrons. The van der Waals surface area contributed by atoms with Crippen molar-refractivity contribution in [3.8, 4) is 0 Å². The highest BCUT2D eigenvalue weighted by Crippen LogP contribution is 2.08. The number of hydrogen-bond acceptors (Lipinski definition) is 3. The van der Waals surface area contributed by atoms with Crippen LogP contribution in [0, 0.1) is 5.92 Å². The molecule has 0 aromatic heterocycles. The van der Waals surface area contributed by atoms with E-state index in [0.717, 1.165) is 5.56 Å². The second-order valence-corrected chi connectivity index (χ2v) is 4.71. The summed E-state index contributed by atoms with van der Waals surface area (Å²) in [7, 11) is 0. The van der Waals surface area contributed by atoms with Gasteiger partial charge >= 0.3 is 6.09 Å². The topological polar surface area (TPSA) is 55.4 Å². The van der Waals surface area contributed by atoms with Crippen molar-refractivity contribution in [2.24, 2.45) is 5.92 Å². The van der Waals surface area contributed by atoms with Crippen LogP contribution in [0.4, 0.5) is 4.79 Å². The van der Waals surface area contributed by atoms with Crippen LogP contribution >= 0.6 is 11.6 Å². The SMILES string of the molecule is C[C@@H](CCCNC(=O)OCc1ccccc1)C(=O)Cl. The van der Waals surface area contributed by atoms with Gasteiger partial charge in [0.25, 0.3) is 0 Å². The number of ether oxygens (including phenoxy) is 1. The number of benzene rings is 1. The second-order valence-electron chi connectivity index (χ2n) is 4.34. The molecule has 104 valence electrons. The third-order valence-corrected chi connectivity index (χ3v) is 3.06. The first-order chi connectivity index (χ1) is 9.09. The zero-order chi connectivity index (χ0) is 14.1. The van der Waals surface area contributed by atoms with Crippen LogP contribution in [0.15, 0.2) is 30.3 Å². The van der Waals surface area contributed by atoms with Gasteiger partial charge in [-0.3, -0.25) is 4.79 Å². The van der Waals surface area contributed by atoms with Gasteiger partial charge in [-0.05, 0) is 30.0 Å². The molecule has 1 N–H and O–H groups in total. The van der Waals surface area contributed by atoms with E-state index >= 15 is 0 Å². The monoisotopic (exact) mass is 283 g/mol. The minimum Gasteiger partial charge on any atom is -0.445 e. The third-order valence-electron chi connectivity index (χ3n) is 2.68. The Bertz CT molecular complexity index is 408. The molecule has 0 saturated carbocycles. The number of carbonyl (C=O) groups excluding carboxylic acids is 2. The minimum atomic E-state index is -0.450. The van der Waals surface area contributed by atoms with Gasteiger partial charge in [-0.15, -0.1) is 0 Å². The number of amides is 1. The summed E-state index contributed by atoms with van der Waals surface area (Å²) < 4.78 is 5.04. The fourth-order valence-corrected chi connectivity index (χ4v) is 1.60. The van der Waals surface area contributed by atoms with E-state index in [1.165, 1.54) is 0 Å². The van der Waals surface area contributed by atoms with E-state index in [2.05, 4.69) is 5.32 Å². The number of halogens is 1. The van der Waals surface area contributed by atoms with E-state index in [1.807, 2.05) is 30.3 Å². The van der Waals surface area contributed by atoms with Gasteiger partial charge < -0.3 is 10.1 Å². The second kappa shape index (κ2) is 8.53. The van der Waals surface area contributed by atoms with Crippen LogP contribution in [0.3, 0.4) is 0 Å². The first-order valence-electron chi connectivity index (χ1n) is 6.23. The maximum Gasteiger partial charge on any atom is 0.407 e. The number of nitrogens with one attached hydrogen (secondary N) is 1. The standard InChI is InChI=1S/C14H18ClNO3/c1-11(13(15)17)6-5-9-16-14(18)19-10-12-7-3-2-4-8-12/h2-4,7-8,11H,5-6,9-10H2,1H3,(H,16,18)/t11-/m0/s1. The summed E-state index contributed by atoms with van der Waals surface area (Å²) in [6.07, 6.45) is 0.898. The fourth-order valence-electron chi connectivity index (χ4n) is 1.49. The largest absolute Gasteiger partial charge is 0.445 e. The smallest absolute Gasteiger partial charge is 0.407 e. The Labute approximate surface area is 118 Å². The molecule has 4 nitrogen and oxygen atoms in total. The van der Waals surface area contributed by atoms with Gasteiger partial charge in [0, 0.05) is 12.5 Å². The summed E-state index contributed by atoms with van der Waals surface area (Å²) in [6.45, 7) is 2.49. The normalized spacial score (nSPS) is 11.7. The van der Waals surface area contributed by atoms with E-state index in [-0.39, 0.29) is 17.8 Å². The molecule has 0 unspecified atom stereocenters. The molecular formula is C14H18ClNO3. The molecular weight excluding hydrogens is 266 g/mol. The third kappa shape index (κ3) is 6.82. The maximum absolute atomic E-state index is 11.4. The summed E-state index contributed by atoms with van der Waals surface area (Å²) in [5.41, 5.74) is 0.944. The highest BCUT2D eigenvalue weighted by atomic mass is 35.5. The van der Waals surface area contributed by atoms with Gasteiger partial charge in [0.2, 0.25) is 5.24 Å². The molecule has 19 heavy (non-hydrogen) atoms. The molecule has 0 heterocycles. The average Bonchev–Trinajstić information content (AvgIpc) is 2.42. The summed E-state index contributed by atoms with van der Waals surface area (Å²) >= 11 is 5.34. The Hall–Kier alpha value is -1.55. The van der Waals surface area contributed by atoms with Crippen molar-refractivity contribution in [1.82, 2.24) is 5.32 Å². The van der Waals surface area contributed by atoms with Crippen molar-refractivity contribution >= 4 is 22.9 Å². The van der Waals surface area contributed by atoms with Crippen LogP contribution in [-0.2, 0) is 16.1 Å². The molecule has 5 heteroatoms. The molecule has 0 saturated heterocycles. The van der Waals surface area contributed by atoms with Gasteiger partial charge in [0.1, 0.15) is 6.61 Å². The van der Waals surface area contributed by atoms with Crippen molar-refractivity contribution in [2.45, 2.75) is 26.4 Å². The Morgan fingerprint density at radius 2 is 2.00 bits per heavy atom. The van der Waals surface area contributed by atoms with Crippen LogP contribution < -0.4 is 5.32 Å². The predicted octanol–water partition coefficient (Wildman–Crippen LogP) is 3.09. The van der Waals surface area contributed by atoms with Crippen LogP contribution in [0.2, 0.25) is 0 Å². The molecule has 0 fully saturated rings. The zero-order valence-electron chi connectivity index (χ0n) is 10.9. The number of carbonyl (C=O) groups is 2. The molecule has 0 bridgehead atoms. The van der Waals surface area contributed by atoms with Crippen molar-refractivity contribution in [3.05, 3.63) is 35.9 Å². The zero-order valence-corrected chi connectivity index (χ0v) is 11.7. The predicted molar refractivity (Wildman–Crippen MR) is 73.9 cm³/mol. The lowest BCUT2D eigenvalue weighted by Gasteiger charge is -2.08. The average molecular weight is 284 g/mol. The first kappa shape index (κ1) is 15.5. The van der Waals surface area contributed by atoms with Crippen LogP contribution in [0.5, 0.6) is 0 Å². The maximum atomic E-state index is 11.4. The molecule has 0 aliphatic carbocycles. The highest BCUT2D eigenvalue weighted by Gasteiger charge is 2.09. The van der Waals surface area contributed by atoms with Crippen molar-refractivity contribution in [3.63, 3.8) is 0 Å². The van der Waals surface area contributed by atoms with Crippen molar-refractivity contribution < 1.29 is 14.3 Å². The van der Waals surface area contributed by atoms with E-state index in [4.69, 9.17) is 16.3 Å². The lowest BCUT2D eigenvalue weighted by Crippen LogP contribution is -2.25. The molecule has 1 rings (SSSR count). The minimum absolute atomic E-state index is 0.177. The molecule has 1 atom stereocenters. The summed E-state index contributed by atoms with van der Waals surface area (Å²) in [4.78, 5) is 22.2. The summed E-state index contributed by atoms with van der Waals surface area (Å²) in [6, 6.07) is 9.47. The van der Waals surface area contributed by atoms with Gasteiger partial charge in [-0.2, -0.15) is 0 Å². The molecule has 1 amide bonds. The molecule has 1 aromatic rings. The van der Waals surface area contributed by atoms with Gasteiger partial charge in [-0.25, -0.2) is 4.79 Å². The molecule has 1 aromatic carbocycles. The summed E-state index contributed by atoms with van der Waals surface area (Å²) in [5.74, 6) is -0.177. The molecule has 0 aliphatic rings. The van der Waals surface area contributed by atoms with E-state index in [1.54, 1.807) is 6.92 Å². The van der Waals surface area contributed by atoms with Gasteiger partial charge in [0.15, 0.2) is 0 Å². The van der Waals surface area contributed by atoms with E-state index in [0.29, 0.717) is 19.4 Å². The number of rotatable bonds is 7. The van der Waals surface area contributed by atoms with Crippen molar-refractivity contribution in [2.75, 3.05) is 6.54 Å². The lowest BCUT2D eigenvalue weighted by molar-refractivity contribution is -0.114. The number of alkyl carbamates (subject to hydrolysis) is 1. The Morgan fingerprint density at radius 1 is 1.32 bits per heavy atom. The molecule has 0 spiro atoms. The first-order valence-corrected chi connectivity index (χ1v) is 6.61. The number of hydrogen-bond donors (Lipinski definition) is 1. The van der Waals surface area contributed by atoms with Gasteiger partial charge in [0.05, 0.1) is 0 Å². The quantitative estimate of drug-likeness (QED) is 0.618. The van der Waals surface area contributed by atoms with Crippen molar-refractivity contribution in [1.29, 1.82) is 0 Å². The lowest BCUT2D eigenvalue weighted by atomic mass is 10.1. The Kier molecular flexibility index (Phi) is 6.97. The Morgan fingerprint density at radius 3 is 2.63 bits per heavy atom. The van der Waals surface area contributed by atoms with E-state index in [9.17, 15) is 9.59 Å². The van der Waals surface area contributed by atoms with Crippen LogP contribution in [-0.4, -0.2) is 17.9 Å².